The van der Waals surface area contributed by atoms with Crippen LogP contribution in [-0.2, 0) is 23.0 Å². The summed E-state index contributed by atoms with van der Waals surface area (Å²) in [4.78, 5) is 4.47. The summed E-state index contributed by atoms with van der Waals surface area (Å²) in [7, 11) is -3.71. The molecule has 0 spiro atoms. The summed E-state index contributed by atoms with van der Waals surface area (Å²) in [6.45, 7) is 0.352. The van der Waals surface area contributed by atoms with Crippen LogP contribution in [0.4, 0.5) is 8.78 Å². The molecule has 0 aliphatic rings. The van der Waals surface area contributed by atoms with Crippen LogP contribution < -0.4 is 20.5 Å². The van der Waals surface area contributed by atoms with Gasteiger partial charge in [-0.1, -0.05) is 30.3 Å². The normalized spacial score (nSPS) is 12.1. The van der Waals surface area contributed by atoms with Crippen LogP contribution in [0.1, 0.15) is 18.1 Å². The Kier molecular flexibility index (Phi) is 8.34. The summed E-state index contributed by atoms with van der Waals surface area (Å²) >= 11 is 0. The van der Waals surface area contributed by atoms with E-state index in [4.69, 9.17) is 5.14 Å². The molecule has 0 unspecified atom stereocenters. The third-order valence-corrected chi connectivity index (χ3v) is 4.83. The molecule has 0 fully saturated rings. The first kappa shape index (κ1) is 22.6. The molecule has 7 nitrogen and oxygen atoms in total. The number of nitrogens with two attached hydrogens (primary N) is 1. The van der Waals surface area contributed by atoms with Crippen molar-refractivity contribution in [2.45, 2.75) is 31.4 Å². The molecular weight excluding hydrogens is 402 g/mol. The van der Waals surface area contributed by atoms with E-state index in [9.17, 15) is 17.2 Å². The Morgan fingerprint density at radius 1 is 1.14 bits per heavy atom. The Hall–Kier alpha value is -2.72. The van der Waals surface area contributed by atoms with Gasteiger partial charge in [-0.25, -0.2) is 18.5 Å². The van der Waals surface area contributed by atoms with E-state index in [-0.39, 0.29) is 17.2 Å². The number of guanidine groups is 1. The van der Waals surface area contributed by atoms with Gasteiger partial charge in [0.25, 0.3) is 0 Å². The first-order valence-electron chi connectivity index (χ1n) is 8.96. The quantitative estimate of drug-likeness (QED) is 0.421. The number of sulfonamides is 1. The second kappa shape index (κ2) is 10.7. The van der Waals surface area contributed by atoms with Gasteiger partial charge < -0.3 is 15.4 Å². The number of ether oxygens (including phenoxy) is 1. The molecule has 0 bridgehead atoms. The smallest absolute Gasteiger partial charge is 0.387 e. The molecule has 29 heavy (non-hydrogen) atoms. The average molecular weight is 426 g/mol. The summed E-state index contributed by atoms with van der Waals surface area (Å²) in [6, 6.07) is 12.8. The largest absolute Gasteiger partial charge is 0.434 e. The van der Waals surface area contributed by atoms with Crippen molar-refractivity contribution in [2.75, 3.05) is 13.1 Å². The fourth-order valence-corrected chi connectivity index (χ4v) is 3.04. The van der Waals surface area contributed by atoms with E-state index in [0.717, 1.165) is 5.56 Å². The predicted molar refractivity (Wildman–Crippen MR) is 107 cm³/mol. The van der Waals surface area contributed by atoms with Gasteiger partial charge in [-0.2, -0.15) is 8.78 Å². The minimum Gasteiger partial charge on any atom is -0.434 e. The van der Waals surface area contributed by atoms with Crippen molar-refractivity contribution < 1.29 is 21.9 Å². The first-order valence-corrected chi connectivity index (χ1v) is 10.5. The van der Waals surface area contributed by atoms with E-state index in [2.05, 4.69) is 20.4 Å². The molecule has 0 aliphatic heterocycles. The van der Waals surface area contributed by atoms with Gasteiger partial charge >= 0.3 is 6.61 Å². The Morgan fingerprint density at radius 2 is 1.83 bits per heavy atom. The molecule has 2 aromatic carbocycles. The number of para-hydroxylation sites is 1. The molecule has 0 atom stereocenters. The highest BCUT2D eigenvalue weighted by atomic mass is 32.2. The molecule has 0 aromatic heterocycles. The first-order chi connectivity index (χ1) is 13.8. The molecule has 0 radical (unpaired) electrons. The van der Waals surface area contributed by atoms with E-state index in [1.165, 1.54) is 18.2 Å². The fourth-order valence-electron chi connectivity index (χ4n) is 2.52. The molecule has 0 saturated heterocycles. The van der Waals surface area contributed by atoms with E-state index < -0.39 is 16.6 Å². The standard InChI is InChI=1S/C19H24F2N4O3S/c1-2-23-19(25-13-15-5-3-4-6-17(15)28-18(20)21)24-12-11-14-7-9-16(10-8-14)29(22,26)27/h3-10,18H,2,11-13H2,1H3,(H2,22,26,27)(H2,23,24,25). The molecule has 10 heteroatoms. The number of aliphatic imine (C=N–C) groups is 1. The topological polar surface area (TPSA) is 106 Å². The number of nitrogens with one attached hydrogen (secondary N) is 2. The number of rotatable bonds is 9. The maximum absolute atomic E-state index is 12.5. The van der Waals surface area contributed by atoms with Crippen molar-refractivity contribution in [3.05, 3.63) is 59.7 Å². The molecule has 4 N–H and O–H groups in total. The van der Waals surface area contributed by atoms with Gasteiger partial charge in [0.15, 0.2) is 5.96 Å². The van der Waals surface area contributed by atoms with Crippen LogP contribution in [0.5, 0.6) is 5.75 Å². The molecule has 158 valence electrons. The second-order valence-corrected chi connectivity index (χ2v) is 7.61. The van der Waals surface area contributed by atoms with Gasteiger partial charge in [-0.3, -0.25) is 0 Å². The lowest BCUT2D eigenvalue weighted by Crippen LogP contribution is -2.38. The molecule has 0 saturated carbocycles. The lowest BCUT2D eigenvalue weighted by atomic mass is 10.1. The highest BCUT2D eigenvalue weighted by Crippen LogP contribution is 2.20. The average Bonchev–Trinajstić information content (AvgIpc) is 2.66. The SMILES string of the molecule is CCNC(=NCc1ccccc1OC(F)F)NCCc1ccc(S(N)(=O)=O)cc1. The number of halogens is 2. The highest BCUT2D eigenvalue weighted by molar-refractivity contribution is 7.89. The third-order valence-electron chi connectivity index (χ3n) is 3.90. The third kappa shape index (κ3) is 7.66. The lowest BCUT2D eigenvalue weighted by Gasteiger charge is -2.13. The van der Waals surface area contributed by atoms with E-state index in [1.807, 2.05) is 6.92 Å². The maximum Gasteiger partial charge on any atom is 0.387 e. The molecular formula is C19H24F2N4O3S. The zero-order chi connectivity index (χ0) is 21.3. The zero-order valence-electron chi connectivity index (χ0n) is 15.9. The van der Waals surface area contributed by atoms with Crippen molar-refractivity contribution in [2.24, 2.45) is 10.1 Å². The van der Waals surface area contributed by atoms with Crippen LogP contribution in [0, 0.1) is 0 Å². The minimum absolute atomic E-state index is 0.0637. The van der Waals surface area contributed by atoms with Crippen LogP contribution in [0.2, 0.25) is 0 Å². The maximum atomic E-state index is 12.5. The Bertz CT molecular complexity index is 919. The van der Waals surface area contributed by atoms with Crippen LogP contribution in [0.15, 0.2) is 58.4 Å². The van der Waals surface area contributed by atoms with Crippen molar-refractivity contribution in [1.82, 2.24) is 10.6 Å². The monoisotopic (exact) mass is 426 g/mol. The van der Waals surface area contributed by atoms with Crippen molar-refractivity contribution >= 4 is 16.0 Å². The molecule has 0 amide bonds. The number of benzene rings is 2. The van der Waals surface area contributed by atoms with E-state index >= 15 is 0 Å². The summed E-state index contributed by atoms with van der Waals surface area (Å²) < 4.78 is 52.1. The number of primary sulfonamides is 1. The van der Waals surface area contributed by atoms with Gasteiger partial charge in [0.05, 0.1) is 11.4 Å². The summed E-state index contributed by atoms with van der Waals surface area (Å²) in [5.74, 6) is 0.623. The van der Waals surface area contributed by atoms with E-state index in [0.29, 0.717) is 31.0 Å². The van der Waals surface area contributed by atoms with Crippen LogP contribution in [0.3, 0.4) is 0 Å². The van der Waals surface area contributed by atoms with Crippen molar-refractivity contribution in [3.63, 3.8) is 0 Å². The molecule has 2 aromatic rings. The Morgan fingerprint density at radius 3 is 2.45 bits per heavy atom. The highest BCUT2D eigenvalue weighted by Gasteiger charge is 2.09. The summed E-state index contributed by atoms with van der Waals surface area (Å²) in [5.41, 5.74) is 1.47. The molecule has 0 heterocycles. The second-order valence-electron chi connectivity index (χ2n) is 6.05. The van der Waals surface area contributed by atoms with E-state index in [1.54, 1.807) is 30.3 Å². The number of alkyl halides is 2. The Balaban J connectivity index is 1.96. The van der Waals surface area contributed by atoms with Crippen LogP contribution in [0.25, 0.3) is 0 Å². The number of hydrogen-bond donors (Lipinski definition) is 3. The number of hydrogen-bond acceptors (Lipinski definition) is 4. The van der Waals surface area contributed by atoms with Gasteiger partial charge in [0.2, 0.25) is 10.0 Å². The summed E-state index contributed by atoms with van der Waals surface area (Å²) in [6.07, 6.45) is 0.625. The van der Waals surface area contributed by atoms with Gasteiger partial charge in [-0.05, 0) is 37.1 Å². The minimum atomic E-state index is -3.71. The zero-order valence-corrected chi connectivity index (χ0v) is 16.8. The number of nitrogens with zero attached hydrogens (tertiary/aromatic N) is 1. The van der Waals surface area contributed by atoms with Crippen LogP contribution in [-0.4, -0.2) is 34.1 Å². The Labute approximate surface area is 169 Å². The van der Waals surface area contributed by atoms with Crippen LogP contribution >= 0.6 is 0 Å². The fraction of sp³-hybridized carbons (Fsp3) is 0.316. The van der Waals surface area contributed by atoms with Gasteiger partial charge in [0, 0.05) is 18.7 Å². The van der Waals surface area contributed by atoms with Crippen molar-refractivity contribution in [1.29, 1.82) is 0 Å². The lowest BCUT2D eigenvalue weighted by molar-refractivity contribution is -0.0504. The molecule has 2 rings (SSSR count). The van der Waals surface area contributed by atoms with Gasteiger partial charge in [0.1, 0.15) is 5.75 Å². The van der Waals surface area contributed by atoms with Gasteiger partial charge in [-0.15, -0.1) is 0 Å². The van der Waals surface area contributed by atoms with Crippen molar-refractivity contribution in [3.8, 4) is 5.75 Å². The molecule has 0 aliphatic carbocycles. The summed E-state index contributed by atoms with van der Waals surface area (Å²) in [5, 5.41) is 11.3. The predicted octanol–water partition coefficient (Wildman–Crippen LogP) is 2.23.